The highest BCUT2D eigenvalue weighted by molar-refractivity contribution is 14.1. The smallest absolute Gasteiger partial charge is 0.271 e. The van der Waals surface area contributed by atoms with E-state index < -0.39 is 0 Å². The number of thiazole rings is 1. The van der Waals surface area contributed by atoms with Crippen molar-refractivity contribution in [3.63, 3.8) is 0 Å². The summed E-state index contributed by atoms with van der Waals surface area (Å²) in [6, 6.07) is 7.79. The second kappa shape index (κ2) is 6.52. The number of halogens is 1. The molecule has 0 spiro atoms. The van der Waals surface area contributed by atoms with Crippen LogP contribution >= 0.6 is 33.9 Å². The van der Waals surface area contributed by atoms with Crippen LogP contribution in [0.5, 0.6) is 0 Å². The number of imidazole rings is 1. The van der Waals surface area contributed by atoms with Gasteiger partial charge in [0.2, 0.25) is 0 Å². The highest BCUT2D eigenvalue weighted by Gasteiger charge is 2.11. The van der Waals surface area contributed by atoms with Gasteiger partial charge in [0.05, 0.1) is 22.6 Å². The minimum Gasteiger partial charge on any atom is -0.343 e. The Balaban J connectivity index is 1.64. The van der Waals surface area contributed by atoms with E-state index in [1.54, 1.807) is 5.38 Å². The van der Waals surface area contributed by atoms with Gasteiger partial charge in [0.1, 0.15) is 11.5 Å². The number of aromatic amines is 1. The van der Waals surface area contributed by atoms with Crippen molar-refractivity contribution in [1.82, 2.24) is 20.3 Å². The molecule has 0 unspecified atom stereocenters. The van der Waals surface area contributed by atoms with Crippen LogP contribution in [0.4, 0.5) is 0 Å². The van der Waals surface area contributed by atoms with Crippen molar-refractivity contribution in [2.45, 2.75) is 13.0 Å². The van der Waals surface area contributed by atoms with Gasteiger partial charge in [-0.25, -0.2) is 9.97 Å². The molecule has 0 fully saturated rings. The summed E-state index contributed by atoms with van der Waals surface area (Å²) in [5, 5.41) is 5.64. The van der Waals surface area contributed by atoms with Crippen LogP contribution in [-0.2, 0) is 13.0 Å². The van der Waals surface area contributed by atoms with Crippen LogP contribution in [0.15, 0.2) is 29.6 Å². The molecule has 0 atom stereocenters. The number of alkyl halides is 1. The van der Waals surface area contributed by atoms with Crippen LogP contribution in [0.25, 0.3) is 11.0 Å². The Morgan fingerprint density at radius 1 is 1.33 bits per heavy atom. The molecular formula is C14H13IN4OS. The number of fused-ring (bicyclic) bond motifs is 1. The molecule has 1 amide bonds. The van der Waals surface area contributed by atoms with E-state index in [0.717, 1.165) is 32.7 Å². The normalized spacial score (nSPS) is 10.9. The Kier molecular flexibility index (Phi) is 4.49. The first-order valence-electron chi connectivity index (χ1n) is 6.48. The van der Waals surface area contributed by atoms with Crippen LogP contribution in [0.3, 0.4) is 0 Å². The third-order valence-corrected chi connectivity index (χ3v) is 4.40. The van der Waals surface area contributed by atoms with Crippen molar-refractivity contribution in [2.75, 3.05) is 4.43 Å². The van der Waals surface area contributed by atoms with Gasteiger partial charge < -0.3 is 10.3 Å². The van der Waals surface area contributed by atoms with E-state index in [-0.39, 0.29) is 5.91 Å². The van der Waals surface area contributed by atoms with Crippen molar-refractivity contribution in [1.29, 1.82) is 0 Å². The van der Waals surface area contributed by atoms with Gasteiger partial charge in [0, 0.05) is 16.2 Å². The summed E-state index contributed by atoms with van der Waals surface area (Å²) in [4.78, 5) is 24.0. The molecule has 0 saturated heterocycles. The fourth-order valence-corrected chi connectivity index (χ4v) is 3.61. The molecule has 0 aliphatic carbocycles. The monoisotopic (exact) mass is 412 g/mol. The molecule has 2 N–H and O–H groups in total. The molecule has 0 aliphatic rings. The van der Waals surface area contributed by atoms with Crippen LogP contribution in [0.1, 0.15) is 21.3 Å². The number of H-pyrrole nitrogens is 1. The van der Waals surface area contributed by atoms with Crippen LogP contribution in [0, 0.1) is 0 Å². The maximum Gasteiger partial charge on any atom is 0.271 e. The van der Waals surface area contributed by atoms with E-state index in [1.165, 1.54) is 11.3 Å². The molecule has 3 aromatic rings. The first-order valence-corrected chi connectivity index (χ1v) is 8.89. The zero-order valence-electron chi connectivity index (χ0n) is 11.1. The summed E-state index contributed by atoms with van der Waals surface area (Å²) in [5.41, 5.74) is 2.36. The number of carbonyl (C=O) groups excluding carboxylic acids is 1. The minimum absolute atomic E-state index is 0.161. The number of benzene rings is 1. The fourth-order valence-electron chi connectivity index (χ4n) is 1.95. The summed E-state index contributed by atoms with van der Waals surface area (Å²) in [7, 11) is 0. The van der Waals surface area contributed by atoms with E-state index in [4.69, 9.17) is 0 Å². The summed E-state index contributed by atoms with van der Waals surface area (Å²) < 4.78 is 1.01. The largest absolute Gasteiger partial charge is 0.343 e. The van der Waals surface area contributed by atoms with Gasteiger partial charge in [-0.15, -0.1) is 11.3 Å². The molecule has 2 heterocycles. The number of carbonyl (C=O) groups is 1. The number of hydrogen-bond acceptors (Lipinski definition) is 4. The predicted molar refractivity (Wildman–Crippen MR) is 92.0 cm³/mol. The molecule has 1 aromatic carbocycles. The zero-order valence-corrected chi connectivity index (χ0v) is 14.1. The van der Waals surface area contributed by atoms with Crippen molar-refractivity contribution in [3.8, 4) is 0 Å². The van der Waals surface area contributed by atoms with Gasteiger partial charge in [0.25, 0.3) is 5.91 Å². The lowest BCUT2D eigenvalue weighted by Crippen LogP contribution is -2.23. The molecule has 0 saturated carbocycles. The Morgan fingerprint density at radius 2 is 2.19 bits per heavy atom. The Morgan fingerprint density at radius 3 is 3.00 bits per heavy atom. The van der Waals surface area contributed by atoms with Gasteiger partial charge in [-0.2, -0.15) is 0 Å². The number of nitrogens with one attached hydrogen (secondary N) is 2. The van der Waals surface area contributed by atoms with Crippen LogP contribution in [0.2, 0.25) is 0 Å². The highest BCUT2D eigenvalue weighted by atomic mass is 127. The SMILES string of the molecule is O=C(NCc1nc2ccccc2[nH]1)c1csc(CCI)n1. The Bertz CT molecular complexity index is 734. The quantitative estimate of drug-likeness (QED) is 0.500. The van der Waals surface area contributed by atoms with E-state index in [1.807, 2.05) is 24.3 Å². The second-order valence-corrected chi connectivity index (χ2v) is 6.47. The van der Waals surface area contributed by atoms with Crippen molar-refractivity contribution in [2.24, 2.45) is 0 Å². The molecule has 5 nitrogen and oxygen atoms in total. The molecule has 2 aromatic heterocycles. The standard InChI is InChI=1S/C14H13IN4OS/c15-6-5-13-19-11(8-21-13)14(20)16-7-12-17-9-3-1-2-4-10(9)18-12/h1-4,8H,5-7H2,(H,16,20)(H,17,18). The topological polar surface area (TPSA) is 70.7 Å². The lowest BCUT2D eigenvalue weighted by Gasteiger charge is -1.99. The first kappa shape index (κ1) is 14.5. The zero-order chi connectivity index (χ0) is 14.7. The van der Waals surface area contributed by atoms with E-state index in [9.17, 15) is 4.79 Å². The van der Waals surface area contributed by atoms with Crippen molar-refractivity contribution < 1.29 is 4.79 Å². The maximum atomic E-state index is 12.0. The number of aryl methyl sites for hydroxylation is 1. The second-order valence-electron chi connectivity index (χ2n) is 4.45. The predicted octanol–water partition coefficient (Wildman–Crippen LogP) is 2.93. The summed E-state index contributed by atoms with van der Waals surface area (Å²) in [6.45, 7) is 0.368. The lowest BCUT2D eigenvalue weighted by molar-refractivity contribution is 0.0945. The Labute approximate surface area is 139 Å². The number of aromatic nitrogens is 3. The summed E-state index contributed by atoms with van der Waals surface area (Å²) >= 11 is 3.83. The molecule has 0 bridgehead atoms. The minimum atomic E-state index is -0.161. The average molecular weight is 412 g/mol. The van der Waals surface area contributed by atoms with Gasteiger partial charge >= 0.3 is 0 Å². The van der Waals surface area contributed by atoms with Gasteiger partial charge in [-0.3, -0.25) is 4.79 Å². The highest BCUT2D eigenvalue weighted by Crippen LogP contribution is 2.12. The molecule has 108 valence electrons. The fraction of sp³-hybridized carbons (Fsp3) is 0.214. The molecule has 0 aliphatic heterocycles. The van der Waals surface area contributed by atoms with Crippen LogP contribution < -0.4 is 5.32 Å². The van der Waals surface area contributed by atoms with Crippen molar-refractivity contribution >= 4 is 50.9 Å². The third-order valence-electron chi connectivity index (χ3n) is 2.95. The lowest BCUT2D eigenvalue weighted by atomic mass is 10.3. The summed E-state index contributed by atoms with van der Waals surface area (Å²) in [6.07, 6.45) is 0.905. The Hall–Kier alpha value is -1.48. The number of rotatable bonds is 5. The van der Waals surface area contributed by atoms with Crippen LogP contribution in [-0.4, -0.2) is 25.3 Å². The molecule has 7 heteroatoms. The average Bonchev–Trinajstić information content (AvgIpc) is 3.11. The molecular weight excluding hydrogens is 399 g/mol. The summed E-state index contributed by atoms with van der Waals surface area (Å²) in [5.74, 6) is 0.582. The molecule has 21 heavy (non-hydrogen) atoms. The number of nitrogens with zero attached hydrogens (tertiary/aromatic N) is 2. The first-order chi connectivity index (χ1) is 10.3. The molecule has 0 radical (unpaired) electrons. The third kappa shape index (κ3) is 3.41. The number of hydrogen-bond donors (Lipinski definition) is 2. The van der Waals surface area contributed by atoms with E-state index in [0.29, 0.717) is 12.2 Å². The molecule has 3 rings (SSSR count). The van der Waals surface area contributed by atoms with E-state index in [2.05, 4.69) is 42.9 Å². The maximum absolute atomic E-state index is 12.0. The van der Waals surface area contributed by atoms with Gasteiger partial charge in [0.15, 0.2) is 0 Å². The van der Waals surface area contributed by atoms with E-state index >= 15 is 0 Å². The number of amides is 1. The van der Waals surface area contributed by atoms with Gasteiger partial charge in [-0.05, 0) is 12.1 Å². The van der Waals surface area contributed by atoms with Crippen molar-refractivity contribution in [3.05, 3.63) is 46.2 Å². The van der Waals surface area contributed by atoms with Gasteiger partial charge in [-0.1, -0.05) is 34.7 Å². The number of para-hydroxylation sites is 2.